The molecular weight excluding hydrogens is 308 g/mol. The number of aryl methyl sites for hydroxylation is 1. The molecule has 1 aromatic carbocycles. The third-order valence-electron chi connectivity index (χ3n) is 4.22. The van der Waals surface area contributed by atoms with Gasteiger partial charge in [-0.3, -0.25) is 4.79 Å². The number of ether oxygens (including phenoxy) is 1. The summed E-state index contributed by atoms with van der Waals surface area (Å²) in [5.74, 6) is 0.963. The van der Waals surface area contributed by atoms with Gasteiger partial charge in [-0.05, 0) is 44.0 Å². The molecule has 4 nitrogen and oxygen atoms in total. The van der Waals surface area contributed by atoms with Crippen LogP contribution in [-0.2, 0) is 0 Å². The van der Waals surface area contributed by atoms with Crippen LogP contribution in [0.4, 0.5) is 0 Å². The van der Waals surface area contributed by atoms with Crippen molar-refractivity contribution in [2.45, 2.75) is 32.6 Å². The molecule has 0 unspecified atom stereocenters. The van der Waals surface area contributed by atoms with Crippen molar-refractivity contribution in [3.8, 4) is 16.3 Å². The van der Waals surface area contributed by atoms with Crippen molar-refractivity contribution in [2.75, 3.05) is 20.2 Å². The maximum absolute atomic E-state index is 12.8. The molecule has 3 rings (SSSR count). The van der Waals surface area contributed by atoms with E-state index in [1.807, 2.05) is 36.1 Å². The van der Waals surface area contributed by atoms with Crippen LogP contribution in [0.2, 0.25) is 0 Å². The van der Waals surface area contributed by atoms with Crippen LogP contribution in [0.3, 0.4) is 0 Å². The van der Waals surface area contributed by atoms with Gasteiger partial charge in [0.15, 0.2) is 0 Å². The summed E-state index contributed by atoms with van der Waals surface area (Å²) >= 11 is 1.49. The Morgan fingerprint density at radius 1 is 1.13 bits per heavy atom. The van der Waals surface area contributed by atoms with Crippen molar-refractivity contribution < 1.29 is 9.53 Å². The van der Waals surface area contributed by atoms with Gasteiger partial charge in [-0.25, -0.2) is 4.98 Å². The lowest BCUT2D eigenvalue weighted by Gasteiger charge is -2.19. The first kappa shape index (κ1) is 16.0. The van der Waals surface area contributed by atoms with Crippen molar-refractivity contribution in [3.05, 3.63) is 34.8 Å². The third kappa shape index (κ3) is 3.55. The highest BCUT2D eigenvalue weighted by Crippen LogP contribution is 2.30. The van der Waals surface area contributed by atoms with Crippen molar-refractivity contribution in [1.82, 2.24) is 9.88 Å². The number of hydrogen-bond donors (Lipinski definition) is 0. The summed E-state index contributed by atoms with van der Waals surface area (Å²) in [5.41, 5.74) is 1.85. The number of carbonyl (C=O) groups is 1. The Labute approximate surface area is 141 Å². The van der Waals surface area contributed by atoms with Crippen LogP contribution >= 0.6 is 11.3 Å². The lowest BCUT2D eigenvalue weighted by atomic mass is 10.2. The van der Waals surface area contributed by atoms with E-state index in [1.54, 1.807) is 7.11 Å². The molecule has 1 aliphatic rings. The van der Waals surface area contributed by atoms with Crippen LogP contribution in [0.5, 0.6) is 5.75 Å². The van der Waals surface area contributed by atoms with E-state index in [0.29, 0.717) is 0 Å². The highest BCUT2D eigenvalue weighted by atomic mass is 32.1. The van der Waals surface area contributed by atoms with E-state index >= 15 is 0 Å². The quantitative estimate of drug-likeness (QED) is 0.849. The van der Waals surface area contributed by atoms with Crippen LogP contribution in [-0.4, -0.2) is 36.0 Å². The average Bonchev–Trinajstić information content (AvgIpc) is 2.79. The number of likely N-dealkylation sites (tertiary alicyclic amines) is 1. The van der Waals surface area contributed by atoms with Crippen LogP contribution in [0, 0.1) is 6.92 Å². The fourth-order valence-electron chi connectivity index (χ4n) is 2.87. The summed E-state index contributed by atoms with van der Waals surface area (Å²) in [6.45, 7) is 3.66. The number of amides is 1. The first-order chi connectivity index (χ1) is 11.2. The van der Waals surface area contributed by atoms with Crippen molar-refractivity contribution >= 4 is 17.2 Å². The molecule has 0 spiro atoms. The Morgan fingerprint density at radius 2 is 1.78 bits per heavy atom. The van der Waals surface area contributed by atoms with Gasteiger partial charge in [0.05, 0.1) is 12.8 Å². The van der Waals surface area contributed by atoms with Gasteiger partial charge in [-0.1, -0.05) is 12.8 Å². The SMILES string of the molecule is COc1ccc(-c2nc(C)c(C(=O)N3CCCCCC3)s2)cc1. The summed E-state index contributed by atoms with van der Waals surface area (Å²) in [6.07, 6.45) is 4.66. The van der Waals surface area contributed by atoms with Gasteiger partial charge in [0.1, 0.15) is 15.6 Å². The number of nitrogens with zero attached hydrogens (tertiary/aromatic N) is 2. The second-order valence-electron chi connectivity index (χ2n) is 5.87. The van der Waals surface area contributed by atoms with Gasteiger partial charge >= 0.3 is 0 Å². The molecule has 5 heteroatoms. The van der Waals surface area contributed by atoms with E-state index in [1.165, 1.54) is 24.2 Å². The van der Waals surface area contributed by atoms with Crippen molar-refractivity contribution in [2.24, 2.45) is 0 Å². The standard InChI is InChI=1S/C18H22N2O2S/c1-13-16(18(21)20-11-5-3-4-6-12-20)23-17(19-13)14-7-9-15(22-2)10-8-14/h7-10H,3-6,11-12H2,1-2H3. The Morgan fingerprint density at radius 3 is 2.39 bits per heavy atom. The smallest absolute Gasteiger partial charge is 0.265 e. The first-order valence-corrected chi connectivity index (χ1v) is 8.92. The van der Waals surface area contributed by atoms with Crippen LogP contribution < -0.4 is 4.74 Å². The lowest BCUT2D eigenvalue weighted by molar-refractivity contribution is 0.0765. The molecule has 1 aliphatic heterocycles. The first-order valence-electron chi connectivity index (χ1n) is 8.10. The molecule has 1 saturated heterocycles. The predicted molar refractivity (Wildman–Crippen MR) is 93.2 cm³/mol. The van der Waals surface area contributed by atoms with Gasteiger partial charge in [0.2, 0.25) is 0 Å². The lowest BCUT2D eigenvalue weighted by Crippen LogP contribution is -2.31. The second-order valence-corrected chi connectivity index (χ2v) is 6.87. The van der Waals surface area contributed by atoms with E-state index in [-0.39, 0.29) is 5.91 Å². The van der Waals surface area contributed by atoms with Crippen LogP contribution in [0.1, 0.15) is 41.0 Å². The topological polar surface area (TPSA) is 42.4 Å². The molecule has 0 N–H and O–H groups in total. The molecule has 2 heterocycles. The van der Waals surface area contributed by atoms with Gasteiger partial charge in [-0.15, -0.1) is 11.3 Å². The van der Waals surface area contributed by atoms with E-state index in [4.69, 9.17) is 4.74 Å². The Balaban J connectivity index is 1.83. The van der Waals surface area contributed by atoms with Crippen molar-refractivity contribution in [3.63, 3.8) is 0 Å². The fraction of sp³-hybridized carbons (Fsp3) is 0.444. The van der Waals surface area contributed by atoms with Gasteiger partial charge in [-0.2, -0.15) is 0 Å². The van der Waals surface area contributed by atoms with Crippen LogP contribution in [0.15, 0.2) is 24.3 Å². The van der Waals surface area contributed by atoms with E-state index in [9.17, 15) is 4.79 Å². The maximum Gasteiger partial charge on any atom is 0.265 e. The number of carbonyl (C=O) groups excluding carboxylic acids is 1. The van der Waals surface area contributed by atoms with Gasteiger partial charge in [0.25, 0.3) is 5.91 Å². The Hall–Kier alpha value is -1.88. The average molecular weight is 330 g/mol. The second kappa shape index (κ2) is 7.13. The highest BCUT2D eigenvalue weighted by molar-refractivity contribution is 7.17. The molecule has 0 bridgehead atoms. The fourth-order valence-corrected chi connectivity index (χ4v) is 3.91. The molecule has 0 radical (unpaired) electrons. The Bertz CT molecular complexity index is 671. The molecular formula is C18H22N2O2S. The minimum Gasteiger partial charge on any atom is -0.497 e. The van der Waals surface area contributed by atoms with E-state index in [0.717, 1.165) is 52.8 Å². The number of thiazole rings is 1. The molecule has 1 amide bonds. The summed E-state index contributed by atoms with van der Waals surface area (Å²) in [4.78, 5) is 20.2. The zero-order valence-electron chi connectivity index (χ0n) is 13.7. The molecule has 0 aliphatic carbocycles. The number of hydrogen-bond acceptors (Lipinski definition) is 4. The van der Waals surface area contributed by atoms with E-state index in [2.05, 4.69) is 4.98 Å². The molecule has 23 heavy (non-hydrogen) atoms. The van der Waals surface area contributed by atoms with E-state index < -0.39 is 0 Å². The molecule has 1 aromatic heterocycles. The summed E-state index contributed by atoms with van der Waals surface area (Å²) in [7, 11) is 1.65. The normalized spacial score (nSPS) is 15.3. The summed E-state index contributed by atoms with van der Waals surface area (Å²) in [6, 6.07) is 7.80. The summed E-state index contributed by atoms with van der Waals surface area (Å²) in [5, 5.41) is 0.892. The minimum atomic E-state index is 0.140. The van der Waals surface area contributed by atoms with Crippen molar-refractivity contribution in [1.29, 1.82) is 0 Å². The molecule has 122 valence electrons. The van der Waals surface area contributed by atoms with Crippen LogP contribution in [0.25, 0.3) is 10.6 Å². The number of benzene rings is 1. The molecule has 1 fully saturated rings. The molecule has 0 saturated carbocycles. The third-order valence-corrected chi connectivity index (χ3v) is 5.42. The van der Waals surface area contributed by atoms with Gasteiger partial charge < -0.3 is 9.64 Å². The number of aromatic nitrogens is 1. The summed E-state index contributed by atoms with van der Waals surface area (Å²) < 4.78 is 5.19. The minimum absolute atomic E-state index is 0.140. The molecule has 2 aromatic rings. The molecule has 0 atom stereocenters. The maximum atomic E-state index is 12.8. The predicted octanol–water partition coefficient (Wildman–Crippen LogP) is 4.14. The number of methoxy groups -OCH3 is 1. The highest BCUT2D eigenvalue weighted by Gasteiger charge is 2.22. The zero-order valence-corrected chi connectivity index (χ0v) is 14.5. The largest absolute Gasteiger partial charge is 0.497 e. The number of rotatable bonds is 3. The zero-order chi connectivity index (χ0) is 16.2. The Kier molecular flexibility index (Phi) is 4.96. The van der Waals surface area contributed by atoms with Gasteiger partial charge in [0, 0.05) is 18.7 Å². The monoisotopic (exact) mass is 330 g/mol.